The molecule has 1 rings (SSSR count). The molecular formula is C12H21N. The van der Waals surface area contributed by atoms with Gasteiger partial charge in [0.2, 0.25) is 0 Å². The zero-order chi connectivity index (χ0) is 9.52. The third kappa shape index (κ3) is 4.33. The first-order chi connectivity index (χ1) is 6.33. The van der Waals surface area contributed by atoms with Crippen molar-refractivity contribution in [2.75, 3.05) is 6.54 Å². The van der Waals surface area contributed by atoms with Gasteiger partial charge in [-0.1, -0.05) is 31.6 Å². The van der Waals surface area contributed by atoms with Crippen molar-refractivity contribution in [3.05, 3.63) is 0 Å². The molecule has 1 atom stereocenters. The number of hydrogen-bond donors (Lipinski definition) is 1. The van der Waals surface area contributed by atoms with E-state index in [0.717, 1.165) is 5.92 Å². The molecule has 0 aromatic heterocycles. The van der Waals surface area contributed by atoms with Crippen molar-refractivity contribution >= 4 is 0 Å². The summed E-state index contributed by atoms with van der Waals surface area (Å²) in [6, 6.07) is 0.594. The summed E-state index contributed by atoms with van der Waals surface area (Å²) < 4.78 is 0. The summed E-state index contributed by atoms with van der Waals surface area (Å²) >= 11 is 0. The highest BCUT2D eigenvalue weighted by Gasteiger charge is 2.15. The van der Waals surface area contributed by atoms with Crippen LogP contribution in [0.1, 0.15) is 45.4 Å². The molecule has 1 saturated carbocycles. The van der Waals surface area contributed by atoms with Gasteiger partial charge in [-0.25, -0.2) is 0 Å². The molecule has 0 saturated heterocycles. The van der Waals surface area contributed by atoms with Crippen molar-refractivity contribution in [3.8, 4) is 12.3 Å². The molecule has 1 aliphatic carbocycles. The summed E-state index contributed by atoms with van der Waals surface area (Å²) in [6.07, 6.45) is 13.7. The standard InChI is InChI=1S/C12H21N/c1-3-10-13-11(2)8-9-12-6-4-5-7-12/h1,11-13H,4-10H2,2H3. The van der Waals surface area contributed by atoms with Gasteiger partial charge < -0.3 is 5.32 Å². The monoisotopic (exact) mass is 179 g/mol. The predicted octanol–water partition coefficient (Wildman–Crippen LogP) is 2.57. The Morgan fingerprint density at radius 3 is 2.77 bits per heavy atom. The Balaban J connectivity index is 2.00. The fraction of sp³-hybridized carbons (Fsp3) is 0.833. The van der Waals surface area contributed by atoms with Crippen molar-refractivity contribution in [2.45, 2.75) is 51.5 Å². The first kappa shape index (κ1) is 10.6. The number of nitrogens with one attached hydrogen (secondary N) is 1. The van der Waals surface area contributed by atoms with E-state index >= 15 is 0 Å². The Bertz CT molecular complexity index is 162. The molecule has 1 N–H and O–H groups in total. The molecule has 1 unspecified atom stereocenters. The topological polar surface area (TPSA) is 12.0 Å². The van der Waals surface area contributed by atoms with E-state index < -0.39 is 0 Å². The maximum Gasteiger partial charge on any atom is 0.0575 e. The van der Waals surface area contributed by atoms with E-state index in [2.05, 4.69) is 18.2 Å². The molecule has 13 heavy (non-hydrogen) atoms. The van der Waals surface area contributed by atoms with Crippen molar-refractivity contribution in [1.82, 2.24) is 5.32 Å². The molecule has 1 nitrogen and oxygen atoms in total. The van der Waals surface area contributed by atoms with Gasteiger partial charge >= 0.3 is 0 Å². The lowest BCUT2D eigenvalue weighted by atomic mass is 9.99. The summed E-state index contributed by atoms with van der Waals surface area (Å²) in [7, 11) is 0. The first-order valence-corrected chi connectivity index (χ1v) is 5.49. The van der Waals surface area contributed by atoms with Gasteiger partial charge in [-0.05, 0) is 25.7 Å². The molecule has 0 aromatic rings. The van der Waals surface area contributed by atoms with Crippen LogP contribution >= 0.6 is 0 Å². The number of rotatable bonds is 5. The van der Waals surface area contributed by atoms with Crippen LogP contribution in [0.4, 0.5) is 0 Å². The summed E-state index contributed by atoms with van der Waals surface area (Å²) in [6.45, 7) is 2.94. The highest BCUT2D eigenvalue weighted by Crippen LogP contribution is 2.28. The van der Waals surface area contributed by atoms with E-state index in [-0.39, 0.29) is 0 Å². The predicted molar refractivity (Wildman–Crippen MR) is 57.5 cm³/mol. The molecule has 0 heterocycles. The van der Waals surface area contributed by atoms with Crippen molar-refractivity contribution in [1.29, 1.82) is 0 Å². The van der Waals surface area contributed by atoms with Crippen LogP contribution in [0.2, 0.25) is 0 Å². The SMILES string of the molecule is C#CCNC(C)CCC1CCCC1. The molecule has 1 heteroatoms. The third-order valence-electron chi connectivity index (χ3n) is 3.04. The fourth-order valence-corrected chi connectivity index (χ4v) is 2.12. The largest absolute Gasteiger partial charge is 0.304 e. The molecule has 74 valence electrons. The van der Waals surface area contributed by atoms with Crippen LogP contribution in [0.3, 0.4) is 0 Å². The van der Waals surface area contributed by atoms with E-state index in [1.807, 2.05) is 0 Å². The molecule has 1 fully saturated rings. The van der Waals surface area contributed by atoms with E-state index in [4.69, 9.17) is 6.42 Å². The Morgan fingerprint density at radius 1 is 1.46 bits per heavy atom. The van der Waals surface area contributed by atoms with E-state index in [1.165, 1.54) is 38.5 Å². The maximum absolute atomic E-state index is 5.18. The van der Waals surface area contributed by atoms with Gasteiger partial charge in [0.1, 0.15) is 0 Å². The Kier molecular flexibility index (Phi) is 4.93. The summed E-state index contributed by atoms with van der Waals surface area (Å²) in [5.74, 6) is 3.62. The maximum atomic E-state index is 5.18. The lowest BCUT2D eigenvalue weighted by molar-refractivity contribution is 0.430. The van der Waals surface area contributed by atoms with E-state index in [0.29, 0.717) is 12.6 Å². The lowest BCUT2D eigenvalue weighted by Gasteiger charge is -2.14. The average Bonchev–Trinajstić information content (AvgIpc) is 2.64. The fourth-order valence-electron chi connectivity index (χ4n) is 2.12. The summed E-state index contributed by atoms with van der Waals surface area (Å²) in [5, 5.41) is 3.32. The minimum Gasteiger partial charge on any atom is -0.304 e. The lowest BCUT2D eigenvalue weighted by Crippen LogP contribution is -2.26. The van der Waals surface area contributed by atoms with Gasteiger partial charge in [0.05, 0.1) is 6.54 Å². The average molecular weight is 179 g/mol. The Labute approximate surface area is 82.3 Å². The van der Waals surface area contributed by atoms with E-state index in [1.54, 1.807) is 0 Å². The van der Waals surface area contributed by atoms with Crippen LogP contribution in [0, 0.1) is 18.3 Å². The molecular weight excluding hydrogens is 158 g/mol. The molecule has 0 spiro atoms. The van der Waals surface area contributed by atoms with Crippen molar-refractivity contribution in [2.24, 2.45) is 5.92 Å². The Hall–Kier alpha value is -0.480. The van der Waals surface area contributed by atoms with Gasteiger partial charge in [0.15, 0.2) is 0 Å². The zero-order valence-corrected chi connectivity index (χ0v) is 8.68. The van der Waals surface area contributed by atoms with Crippen LogP contribution in [-0.2, 0) is 0 Å². The number of hydrogen-bond acceptors (Lipinski definition) is 1. The molecule has 0 aliphatic heterocycles. The first-order valence-electron chi connectivity index (χ1n) is 5.49. The highest BCUT2D eigenvalue weighted by atomic mass is 14.9. The quantitative estimate of drug-likeness (QED) is 0.640. The second kappa shape index (κ2) is 6.05. The Morgan fingerprint density at radius 2 is 2.15 bits per heavy atom. The molecule has 0 bridgehead atoms. The smallest absolute Gasteiger partial charge is 0.0575 e. The minimum atomic E-state index is 0.594. The van der Waals surface area contributed by atoms with Gasteiger partial charge in [0, 0.05) is 6.04 Å². The highest BCUT2D eigenvalue weighted by molar-refractivity contribution is 4.87. The van der Waals surface area contributed by atoms with Crippen molar-refractivity contribution < 1.29 is 0 Å². The van der Waals surface area contributed by atoms with Crippen LogP contribution in [0.5, 0.6) is 0 Å². The molecule has 1 aliphatic rings. The second-order valence-electron chi connectivity index (χ2n) is 4.21. The summed E-state index contributed by atoms with van der Waals surface area (Å²) in [4.78, 5) is 0. The van der Waals surface area contributed by atoms with Gasteiger partial charge in [0.25, 0.3) is 0 Å². The normalized spacial score (nSPS) is 20.0. The minimum absolute atomic E-state index is 0.594. The molecule has 0 aromatic carbocycles. The van der Waals surface area contributed by atoms with Gasteiger partial charge in [-0.2, -0.15) is 0 Å². The van der Waals surface area contributed by atoms with Crippen LogP contribution in [0.25, 0.3) is 0 Å². The van der Waals surface area contributed by atoms with Crippen LogP contribution < -0.4 is 5.32 Å². The zero-order valence-electron chi connectivity index (χ0n) is 8.68. The van der Waals surface area contributed by atoms with Gasteiger partial charge in [-0.3, -0.25) is 0 Å². The van der Waals surface area contributed by atoms with Crippen molar-refractivity contribution in [3.63, 3.8) is 0 Å². The third-order valence-corrected chi connectivity index (χ3v) is 3.04. The van der Waals surface area contributed by atoms with Crippen LogP contribution in [-0.4, -0.2) is 12.6 Å². The van der Waals surface area contributed by atoms with E-state index in [9.17, 15) is 0 Å². The van der Waals surface area contributed by atoms with Gasteiger partial charge in [-0.15, -0.1) is 6.42 Å². The summed E-state index contributed by atoms with van der Waals surface area (Å²) in [5.41, 5.74) is 0. The molecule has 0 radical (unpaired) electrons. The van der Waals surface area contributed by atoms with Crippen LogP contribution in [0.15, 0.2) is 0 Å². The number of terminal acetylenes is 1. The molecule has 0 amide bonds. The second-order valence-corrected chi connectivity index (χ2v) is 4.21.